The normalized spacial score (nSPS) is 24.7. The Morgan fingerprint density at radius 3 is 1.48 bits per heavy atom. The van der Waals surface area contributed by atoms with E-state index in [1.54, 1.807) is 0 Å². The van der Waals surface area contributed by atoms with E-state index in [4.69, 9.17) is 33.6 Å². The summed E-state index contributed by atoms with van der Waals surface area (Å²) in [6, 6.07) is 0. The van der Waals surface area contributed by atoms with Gasteiger partial charge >= 0.3 is 0 Å². The Hall–Kier alpha value is -0.0756. The van der Waals surface area contributed by atoms with E-state index in [1.165, 1.54) is 0 Å². The van der Waals surface area contributed by atoms with Gasteiger partial charge in [0.25, 0.3) is 5.79 Å². The molecule has 292 valence electrons. The first-order chi connectivity index (χ1) is 21.8. The average molecular weight is 787 g/mol. The van der Waals surface area contributed by atoms with Crippen LogP contribution in [0.15, 0.2) is 0 Å². The summed E-state index contributed by atoms with van der Waals surface area (Å²) in [7, 11) is -11.5. The minimum atomic E-state index is -2.54. The van der Waals surface area contributed by atoms with Crippen molar-refractivity contribution in [3.05, 3.63) is 0 Å². The summed E-state index contributed by atoms with van der Waals surface area (Å²) in [6.45, 7) is 51.1. The Bertz CT molecular complexity index is 1240. The monoisotopic (exact) mass is 786 g/mol. The van der Waals surface area contributed by atoms with Crippen molar-refractivity contribution < 1.29 is 32.3 Å². The fourth-order valence-electron chi connectivity index (χ4n) is 4.27. The standard InChI is InChI=1S/C38H78O7Si5/c1-25-38(41-30(39)26-27-46(14,15)16)33(45-50(23,24)37(11,12)13)32(44-49(21,22)36(8,9)10)31(42-38)29(43-48(19,20)35(5,6)7)28-40-47(17,18)34(2,3)4/h1,29-33,39H,28H2,2-24H3/t29-,30?,31+,32+,33-,38-/m1/s1. The maximum Gasteiger partial charge on any atom is 0.265 e. The number of aliphatic hydroxyl groups is 1. The van der Waals surface area contributed by atoms with Gasteiger partial charge in [0, 0.05) is 0 Å². The number of hydrogen-bond acceptors (Lipinski definition) is 7. The predicted molar refractivity (Wildman–Crippen MR) is 224 cm³/mol. The van der Waals surface area contributed by atoms with Gasteiger partial charge in [0.2, 0.25) is 6.29 Å². The van der Waals surface area contributed by atoms with Crippen molar-refractivity contribution in [1.82, 2.24) is 0 Å². The molecule has 0 amide bonds. The lowest BCUT2D eigenvalue weighted by Gasteiger charge is -2.46. The number of hydrogen-bond donors (Lipinski definition) is 1. The number of terminal acetylenes is 1. The van der Waals surface area contributed by atoms with Gasteiger partial charge in [-0.3, -0.25) is 4.74 Å². The number of ether oxygens (including phenoxy) is 2. The molecule has 1 unspecified atom stereocenters. The van der Waals surface area contributed by atoms with Gasteiger partial charge in [0.15, 0.2) is 33.3 Å². The Morgan fingerprint density at radius 2 is 1.10 bits per heavy atom. The number of aliphatic hydroxyl groups excluding tert-OH is 1. The Kier molecular flexibility index (Phi) is 14.9. The summed E-state index contributed by atoms with van der Waals surface area (Å²) in [5.74, 6) is 3.98. The molecule has 6 atom stereocenters. The molecule has 1 heterocycles. The van der Waals surface area contributed by atoms with Gasteiger partial charge in [-0.1, -0.05) is 103 Å². The second-order valence-corrected chi connectivity index (χ2v) is 45.3. The molecule has 0 radical (unpaired) electrons. The van der Waals surface area contributed by atoms with Crippen LogP contribution in [0.3, 0.4) is 0 Å². The summed E-state index contributed by atoms with van der Waals surface area (Å²) in [4.78, 5) is 0. The zero-order valence-electron chi connectivity index (χ0n) is 36.6. The van der Waals surface area contributed by atoms with Crippen molar-refractivity contribution in [3.8, 4) is 23.8 Å². The van der Waals surface area contributed by atoms with Gasteiger partial charge in [-0.05, 0) is 84.4 Å². The van der Waals surface area contributed by atoms with Crippen molar-refractivity contribution in [3.63, 3.8) is 0 Å². The third-order valence-corrected chi connectivity index (χ3v) is 30.7. The van der Waals surface area contributed by atoms with Crippen LogP contribution in [0.1, 0.15) is 83.1 Å². The van der Waals surface area contributed by atoms with Gasteiger partial charge < -0.3 is 27.5 Å². The van der Waals surface area contributed by atoms with E-state index in [0.717, 1.165) is 0 Å². The van der Waals surface area contributed by atoms with Crippen LogP contribution in [0, 0.1) is 23.8 Å². The smallest absolute Gasteiger partial charge is 0.265 e. The molecule has 0 spiro atoms. The molecule has 0 aromatic heterocycles. The minimum Gasteiger partial charge on any atom is -0.414 e. The molecule has 0 aromatic rings. The molecule has 0 aromatic carbocycles. The summed E-state index contributed by atoms with van der Waals surface area (Å²) in [6.07, 6.45) is 2.18. The molecule has 7 nitrogen and oxygen atoms in total. The van der Waals surface area contributed by atoms with Crippen LogP contribution < -0.4 is 0 Å². The van der Waals surface area contributed by atoms with E-state index in [0.29, 0.717) is 6.61 Å². The fraction of sp³-hybridized carbons (Fsp3) is 0.895. The molecule has 1 aliphatic rings. The topological polar surface area (TPSA) is 75.6 Å². The molecule has 0 saturated carbocycles. The largest absolute Gasteiger partial charge is 0.414 e. The fourth-order valence-corrected chi connectivity index (χ4v) is 9.73. The van der Waals surface area contributed by atoms with Crippen molar-refractivity contribution in [1.29, 1.82) is 0 Å². The van der Waals surface area contributed by atoms with Crippen molar-refractivity contribution in [2.75, 3.05) is 6.61 Å². The summed E-state index contributed by atoms with van der Waals surface area (Å²) >= 11 is 0. The molecule has 50 heavy (non-hydrogen) atoms. The van der Waals surface area contributed by atoms with Crippen molar-refractivity contribution in [2.24, 2.45) is 0 Å². The lowest BCUT2D eigenvalue weighted by molar-refractivity contribution is -0.271. The summed E-state index contributed by atoms with van der Waals surface area (Å²) < 4.78 is 42.4. The highest BCUT2D eigenvalue weighted by Crippen LogP contribution is 2.49. The highest BCUT2D eigenvalue weighted by atomic mass is 28.4. The van der Waals surface area contributed by atoms with Crippen molar-refractivity contribution in [2.45, 2.75) is 212 Å². The molecule has 1 N–H and O–H groups in total. The van der Waals surface area contributed by atoms with Crippen LogP contribution in [-0.4, -0.2) is 89.5 Å². The predicted octanol–water partition coefficient (Wildman–Crippen LogP) is 10.1. The van der Waals surface area contributed by atoms with Gasteiger partial charge in [0.05, 0.1) is 12.7 Å². The highest BCUT2D eigenvalue weighted by molar-refractivity contribution is 6.83. The van der Waals surface area contributed by atoms with Crippen LogP contribution in [0.25, 0.3) is 0 Å². The van der Waals surface area contributed by atoms with Crippen LogP contribution in [0.4, 0.5) is 0 Å². The first kappa shape index (κ1) is 47.9. The first-order valence-electron chi connectivity index (χ1n) is 18.5. The molecule has 0 aliphatic carbocycles. The van der Waals surface area contributed by atoms with E-state index in [9.17, 15) is 5.11 Å². The third-order valence-electron chi connectivity index (χ3n) is 11.9. The average Bonchev–Trinajstić information content (AvgIpc) is 3.14. The van der Waals surface area contributed by atoms with Gasteiger partial charge in [0.1, 0.15) is 26.4 Å². The molecule has 12 heteroatoms. The van der Waals surface area contributed by atoms with E-state index in [1.807, 2.05) is 0 Å². The van der Waals surface area contributed by atoms with Gasteiger partial charge in [-0.2, -0.15) is 0 Å². The Balaban J connectivity index is 4.21. The SMILES string of the molecule is C#C[C@@]1(OC(O)C#C[Si](C)(C)C)O[C@@H]([C@@H](CO[Si](C)(C)C(C)(C)C)O[Si](C)(C)C(C)(C)C)[C@H](O[Si](C)(C)C(C)(C)C)[C@H]1O[Si](C)(C)C(C)(C)C. The number of rotatable bonds is 12. The second kappa shape index (κ2) is 15.6. The maximum absolute atomic E-state index is 11.3. The van der Waals surface area contributed by atoms with E-state index >= 15 is 0 Å². The van der Waals surface area contributed by atoms with Gasteiger partial charge in [-0.15, -0.1) is 12.0 Å². The zero-order chi connectivity index (χ0) is 40.0. The summed E-state index contributed by atoms with van der Waals surface area (Å²) in [5, 5.41) is 11.0. The van der Waals surface area contributed by atoms with Crippen LogP contribution >= 0.6 is 0 Å². The van der Waals surface area contributed by atoms with E-state index in [-0.39, 0.29) is 20.2 Å². The van der Waals surface area contributed by atoms with E-state index in [2.05, 4.69) is 172 Å². The van der Waals surface area contributed by atoms with Crippen LogP contribution in [0.2, 0.25) is 92.2 Å². The van der Waals surface area contributed by atoms with E-state index < -0.39 is 77.8 Å². The molecular weight excluding hydrogens is 709 g/mol. The Morgan fingerprint density at radius 1 is 0.680 bits per heavy atom. The molecular formula is C38H78O7Si5. The minimum absolute atomic E-state index is 0.0130. The molecule has 1 saturated heterocycles. The quantitative estimate of drug-likeness (QED) is 0.120. The maximum atomic E-state index is 11.3. The Labute approximate surface area is 314 Å². The highest BCUT2D eigenvalue weighted by Gasteiger charge is 2.64. The van der Waals surface area contributed by atoms with Gasteiger partial charge in [-0.25, -0.2) is 0 Å². The molecule has 1 fully saturated rings. The van der Waals surface area contributed by atoms with Crippen molar-refractivity contribution >= 4 is 41.3 Å². The van der Waals surface area contributed by atoms with Crippen LogP contribution in [0.5, 0.6) is 0 Å². The molecule has 0 bridgehead atoms. The lowest BCUT2D eigenvalue weighted by Crippen LogP contribution is -2.59. The molecule has 1 aliphatic heterocycles. The van der Waals surface area contributed by atoms with Crippen LogP contribution in [-0.2, 0) is 27.2 Å². The first-order valence-corrected chi connectivity index (χ1v) is 33.6. The zero-order valence-corrected chi connectivity index (χ0v) is 41.6. The second-order valence-electron chi connectivity index (χ2n) is 21.5. The summed E-state index contributed by atoms with van der Waals surface area (Å²) in [5.41, 5.74) is 3.22. The molecule has 1 rings (SSSR count). The third kappa shape index (κ3) is 12.0. The lowest BCUT2D eigenvalue weighted by atomic mass is 10.0.